The minimum atomic E-state index is -2.63. The molecule has 0 radical (unpaired) electrons. The van der Waals surface area contributed by atoms with Crippen molar-refractivity contribution < 1.29 is 38.9 Å². The number of nitrogens with two attached hydrogens (primary N) is 2. The lowest BCUT2D eigenvalue weighted by molar-refractivity contribution is -0.674. The molecule has 4 aliphatic rings. The van der Waals surface area contributed by atoms with Crippen LogP contribution in [0.15, 0.2) is 18.2 Å². The fraction of sp³-hybridized carbons (Fsp3) is 0.560. The number of urea groups is 1. The number of likely N-dealkylation sites (N-methyl/N-ethyl adjacent to an activating group) is 1. The van der Waals surface area contributed by atoms with Gasteiger partial charge in [-0.15, -0.1) is 0 Å². The Bertz CT molecular complexity index is 1350. The molecule has 2 saturated heterocycles. The van der Waals surface area contributed by atoms with E-state index in [0.29, 0.717) is 5.75 Å². The summed E-state index contributed by atoms with van der Waals surface area (Å²) in [6.07, 6.45) is 0. The summed E-state index contributed by atoms with van der Waals surface area (Å²) in [6, 6.07) is 1.84. The van der Waals surface area contributed by atoms with Gasteiger partial charge in [0, 0.05) is 12.6 Å². The Morgan fingerprint density at radius 2 is 2.00 bits per heavy atom. The number of hydrogen-bond acceptors (Lipinski definition) is 10. The molecule has 216 valence electrons. The van der Waals surface area contributed by atoms with Crippen molar-refractivity contribution in [3.05, 3.63) is 29.3 Å². The number of hydrogen-bond donors (Lipinski definition) is 8. The number of benzene rings is 1. The van der Waals surface area contributed by atoms with Crippen LogP contribution in [-0.4, -0.2) is 118 Å². The van der Waals surface area contributed by atoms with Crippen LogP contribution in [0.25, 0.3) is 0 Å². The molecule has 4 atom stereocenters. The van der Waals surface area contributed by atoms with E-state index in [1.54, 1.807) is 12.1 Å². The summed E-state index contributed by atoms with van der Waals surface area (Å²) in [6.45, 7) is 5.70. The second kappa shape index (κ2) is 8.96. The summed E-state index contributed by atoms with van der Waals surface area (Å²) < 4.78 is 7.08. The molecule has 2 unspecified atom stereocenters. The number of guanidine groups is 2. The van der Waals surface area contributed by atoms with E-state index in [-0.39, 0.29) is 42.5 Å². The molecule has 4 amide bonds. The summed E-state index contributed by atoms with van der Waals surface area (Å²) in [5.41, 5.74) is 11.5. The van der Waals surface area contributed by atoms with Crippen LogP contribution < -0.4 is 37.1 Å². The van der Waals surface area contributed by atoms with Crippen LogP contribution in [-0.2, 0) is 10.2 Å². The lowest BCUT2D eigenvalue weighted by Crippen LogP contribution is -2.92. The van der Waals surface area contributed by atoms with Gasteiger partial charge in [0.25, 0.3) is 17.4 Å². The lowest BCUT2D eigenvalue weighted by atomic mass is 9.84. The predicted octanol–water partition coefficient (Wildman–Crippen LogP) is -4.96. The Labute approximate surface area is 230 Å². The lowest BCUT2D eigenvalue weighted by Gasteiger charge is -2.41. The second-order valence-corrected chi connectivity index (χ2v) is 11.7. The number of carbonyl (C=O) groups is 3. The molecule has 15 heteroatoms. The summed E-state index contributed by atoms with van der Waals surface area (Å²) in [7, 11) is 2.99. The SMILES string of the molecule is COc1c(C(=O)NC2C[N+]3=C(N)N[C@@H](CN4C(=O)CN(C)C4=O)[C@@H]4[NH+]=C(N)NC43C2(O)O)cccc1C(C)(C)C. The van der Waals surface area contributed by atoms with Crippen LogP contribution in [0.1, 0.15) is 36.7 Å². The topological polar surface area (TPSA) is 212 Å². The van der Waals surface area contributed by atoms with Crippen molar-refractivity contribution in [3.63, 3.8) is 0 Å². The smallest absolute Gasteiger partial charge is 0.347 e. The molecule has 0 aromatic heterocycles. The van der Waals surface area contributed by atoms with E-state index in [9.17, 15) is 24.6 Å². The van der Waals surface area contributed by atoms with Gasteiger partial charge in [-0.1, -0.05) is 32.9 Å². The standard InChI is InChI=1S/C25H35N9O6/c1-23(2,3)13-8-6-7-12(17(13)40-5)19(36)29-15-10-34-21(27)28-14(9-33-16(35)11-32(4)22(33)37)18-24(34,25(15,38)39)31-20(26)30-18/h6-8,14-15,18,38-39H,9-11H2,1-5H3,(H6,26,27,28,29,30,31,36)/p+2/t14-,15?,18-,24?/m0/s1. The maximum atomic E-state index is 13.5. The van der Waals surface area contributed by atoms with Crippen LogP contribution in [0, 0.1) is 0 Å². The molecule has 2 fully saturated rings. The number of aliphatic hydroxyl groups is 2. The minimum absolute atomic E-state index is 0.0340. The average Bonchev–Trinajstić information content (AvgIpc) is 3.43. The summed E-state index contributed by atoms with van der Waals surface area (Å²) in [5, 5.41) is 32.2. The van der Waals surface area contributed by atoms with E-state index in [0.717, 1.165) is 10.5 Å². The molecule has 4 heterocycles. The Kier molecular flexibility index (Phi) is 6.15. The Morgan fingerprint density at radius 3 is 2.60 bits per heavy atom. The highest BCUT2D eigenvalue weighted by atomic mass is 16.5. The monoisotopic (exact) mass is 559 g/mol. The van der Waals surface area contributed by atoms with Gasteiger partial charge in [0.05, 0.1) is 25.8 Å². The Hall–Kier alpha value is -4.11. The first kappa shape index (κ1) is 27.5. The van der Waals surface area contributed by atoms with E-state index in [1.165, 1.54) is 23.6 Å². The molecule has 0 saturated carbocycles. The highest BCUT2D eigenvalue weighted by Gasteiger charge is 2.78. The predicted molar refractivity (Wildman–Crippen MR) is 141 cm³/mol. The fourth-order valence-electron chi connectivity index (χ4n) is 6.20. The molecule has 1 aromatic carbocycles. The van der Waals surface area contributed by atoms with Crippen LogP contribution in [0.4, 0.5) is 4.79 Å². The molecule has 1 spiro atoms. The van der Waals surface area contributed by atoms with Crippen LogP contribution in [0.5, 0.6) is 5.75 Å². The molecule has 10 N–H and O–H groups in total. The summed E-state index contributed by atoms with van der Waals surface area (Å²) in [5.74, 6) is -3.13. The number of methoxy groups -OCH3 is 1. The number of ether oxygens (including phenoxy) is 1. The van der Waals surface area contributed by atoms with E-state index in [1.807, 2.05) is 26.8 Å². The van der Waals surface area contributed by atoms with E-state index in [4.69, 9.17) is 16.2 Å². The normalized spacial score (nSPS) is 29.1. The minimum Gasteiger partial charge on any atom is -0.496 e. The molecular weight excluding hydrogens is 522 g/mol. The van der Waals surface area contributed by atoms with Gasteiger partial charge in [-0.2, -0.15) is 0 Å². The first-order valence-corrected chi connectivity index (χ1v) is 13.0. The first-order valence-electron chi connectivity index (χ1n) is 13.0. The third-order valence-electron chi connectivity index (χ3n) is 8.14. The molecular formula is C25H37N9O6+2. The first-order chi connectivity index (χ1) is 18.6. The largest absolute Gasteiger partial charge is 0.496 e. The van der Waals surface area contributed by atoms with Gasteiger partial charge >= 0.3 is 18.0 Å². The zero-order valence-corrected chi connectivity index (χ0v) is 23.1. The van der Waals surface area contributed by atoms with Crippen LogP contribution in [0.2, 0.25) is 0 Å². The second-order valence-electron chi connectivity index (χ2n) is 11.7. The molecule has 0 aliphatic carbocycles. The molecule has 1 aromatic rings. The van der Waals surface area contributed by atoms with Gasteiger partial charge in [-0.3, -0.25) is 36.3 Å². The van der Waals surface area contributed by atoms with E-state index in [2.05, 4.69) is 20.9 Å². The Balaban J connectivity index is 1.48. The quantitative estimate of drug-likeness (QED) is 0.0978. The zero-order chi connectivity index (χ0) is 29.4. The maximum Gasteiger partial charge on any atom is 0.347 e. The number of nitrogens with zero attached hydrogens (tertiary/aromatic N) is 3. The van der Waals surface area contributed by atoms with Gasteiger partial charge in [0.2, 0.25) is 5.91 Å². The van der Waals surface area contributed by atoms with Crippen molar-refractivity contribution in [1.82, 2.24) is 25.8 Å². The Morgan fingerprint density at radius 1 is 1.30 bits per heavy atom. The number of carbonyl (C=O) groups excluding carboxylic acids is 3. The highest BCUT2D eigenvalue weighted by Crippen LogP contribution is 2.39. The van der Waals surface area contributed by atoms with Crippen molar-refractivity contribution in [3.8, 4) is 5.75 Å². The molecule has 4 aliphatic heterocycles. The van der Waals surface area contributed by atoms with Crippen molar-refractivity contribution in [2.75, 3.05) is 33.8 Å². The van der Waals surface area contributed by atoms with Crippen molar-refractivity contribution in [2.45, 2.75) is 55.8 Å². The van der Waals surface area contributed by atoms with Gasteiger partial charge in [-0.25, -0.2) is 14.7 Å². The van der Waals surface area contributed by atoms with Crippen molar-refractivity contribution in [1.29, 1.82) is 0 Å². The molecule has 15 nitrogen and oxygen atoms in total. The number of nitrogens with one attached hydrogen (secondary N) is 4. The van der Waals surface area contributed by atoms with Crippen LogP contribution >= 0.6 is 0 Å². The van der Waals surface area contributed by atoms with Crippen molar-refractivity contribution in [2.24, 2.45) is 11.5 Å². The third-order valence-corrected chi connectivity index (χ3v) is 8.14. The molecule has 40 heavy (non-hydrogen) atoms. The average molecular weight is 560 g/mol. The van der Waals surface area contributed by atoms with Gasteiger partial charge in [-0.05, 0) is 11.5 Å². The van der Waals surface area contributed by atoms with Crippen molar-refractivity contribution >= 4 is 29.8 Å². The van der Waals surface area contributed by atoms with Crippen LogP contribution in [0.3, 0.4) is 0 Å². The zero-order valence-electron chi connectivity index (χ0n) is 23.1. The number of imide groups is 1. The van der Waals surface area contributed by atoms with Gasteiger partial charge in [0.1, 0.15) is 24.4 Å². The van der Waals surface area contributed by atoms with E-state index >= 15 is 0 Å². The summed E-state index contributed by atoms with van der Waals surface area (Å²) in [4.78, 5) is 43.9. The number of amides is 4. The fourth-order valence-corrected chi connectivity index (χ4v) is 6.20. The van der Waals surface area contributed by atoms with Gasteiger partial charge in [0.15, 0.2) is 6.04 Å². The number of para-hydroxylation sites is 1. The maximum absolute atomic E-state index is 13.5. The summed E-state index contributed by atoms with van der Waals surface area (Å²) >= 11 is 0. The molecule has 0 bridgehead atoms. The molecule has 5 rings (SSSR count). The van der Waals surface area contributed by atoms with Gasteiger partial charge < -0.3 is 25.2 Å². The third kappa shape index (κ3) is 3.83. The number of rotatable bonds is 5. The van der Waals surface area contributed by atoms with E-state index < -0.39 is 47.4 Å². The highest BCUT2D eigenvalue weighted by molar-refractivity contribution is 6.02.